The first-order valence-electron chi connectivity index (χ1n) is 10.3. The minimum Gasteiger partial charge on any atom is -0.489 e. The second kappa shape index (κ2) is 10.3. The van der Waals surface area contributed by atoms with E-state index in [2.05, 4.69) is 11.4 Å². The van der Waals surface area contributed by atoms with Gasteiger partial charge in [-0.05, 0) is 35.9 Å². The molecule has 0 saturated carbocycles. The molecule has 0 bridgehead atoms. The van der Waals surface area contributed by atoms with Crippen LogP contribution in [0.4, 0.5) is 10.1 Å². The van der Waals surface area contributed by atoms with E-state index >= 15 is 0 Å². The van der Waals surface area contributed by atoms with Gasteiger partial charge in [0.15, 0.2) is 0 Å². The minimum absolute atomic E-state index is 0.135. The molecule has 1 aromatic heterocycles. The van der Waals surface area contributed by atoms with Crippen molar-refractivity contribution in [2.24, 2.45) is 0 Å². The number of nitriles is 1. The monoisotopic (exact) mass is 460 g/mol. The number of anilines is 1. The van der Waals surface area contributed by atoms with Crippen LogP contribution >= 0.6 is 11.3 Å². The molecule has 0 spiro atoms. The predicted molar refractivity (Wildman–Crippen MR) is 127 cm³/mol. The van der Waals surface area contributed by atoms with Crippen LogP contribution < -0.4 is 10.1 Å². The van der Waals surface area contributed by atoms with E-state index in [-0.39, 0.29) is 24.9 Å². The van der Waals surface area contributed by atoms with Crippen molar-refractivity contribution in [2.75, 3.05) is 12.4 Å². The van der Waals surface area contributed by atoms with Crippen LogP contribution in [0.15, 0.2) is 66.7 Å². The van der Waals surface area contributed by atoms with Gasteiger partial charge in [0, 0.05) is 34.0 Å². The molecule has 0 saturated heterocycles. The number of nitrogens with zero attached hydrogens (tertiary/aromatic N) is 1. The van der Waals surface area contributed by atoms with E-state index in [0.29, 0.717) is 38.4 Å². The van der Waals surface area contributed by atoms with E-state index < -0.39 is 0 Å². The van der Waals surface area contributed by atoms with Gasteiger partial charge in [-0.25, -0.2) is 4.39 Å². The van der Waals surface area contributed by atoms with E-state index in [1.54, 1.807) is 18.2 Å². The van der Waals surface area contributed by atoms with Crippen LogP contribution in [-0.2, 0) is 24.4 Å². The lowest BCUT2D eigenvalue weighted by molar-refractivity contribution is 0.102. The molecule has 7 heteroatoms. The summed E-state index contributed by atoms with van der Waals surface area (Å²) in [7, 11) is 1.52. The smallest absolute Gasteiger partial charge is 0.266 e. The average molecular weight is 461 g/mol. The molecule has 0 aliphatic carbocycles. The van der Waals surface area contributed by atoms with Crippen LogP contribution in [0.3, 0.4) is 0 Å². The molecule has 4 aromatic rings. The fourth-order valence-corrected chi connectivity index (χ4v) is 4.65. The largest absolute Gasteiger partial charge is 0.489 e. The maximum atomic E-state index is 14.5. The van der Waals surface area contributed by atoms with Gasteiger partial charge in [0.05, 0.1) is 24.0 Å². The number of benzene rings is 3. The third kappa shape index (κ3) is 5.03. The number of para-hydroxylation sites is 1. The van der Waals surface area contributed by atoms with Crippen LogP contribution in [0.1, 0.15) is 26.4 Å². The first-order valence-corrected chi connectivity index (χ1v) is 11.1. The number of carbonyl (C=O) groups is 1. The lowest BCUT2D eigenvalue weighted by Gasteiger charge is -2.13. The number of carbonyl (C=O) groups excluding carboxylic acids is 1. The topological polar surface area (TPSA) is 71.3 Å². The van der Waals surface area contributed by atoms with Crippen LogP contribution in [0.25, 0.3) is 10.1 Å². The standard InChI is InChI=1S/C26H21FN2O3S/c1-31-16-20-24-21(27)6-4-8-23(24)33-25(20)26(30)29-22-7-3-2-5-18(22)15-32-19-11-9-17(10-12-19)13-14-28/h2-12H,13,15-16H2,1H3,(H,29,30). The zero-order valence-electron chi connectivity index (χ0n) is 17.9. The van der Waals surface area contributed by atoms with E-state index in [1.165, 1.54) is 24.5 Å². The number of methoxy groups -OCH3 is 1. The van der Waals surface area contributed by atoms with Crippen molar-refractivity contribution in [3.05, 3.63) is 94.1 Å². The molecular weight excluding hydrogens is 439 g/mol. The fourth-order valence-electron chi connectivity index (χ4n) is 3.54. The first-order chi connectivity index (χ1) is 16.1. The summed E-state index contributed by atoms with van der Waals surface area (Å²) in [6, 6.07) is 21.6. The van der Waals surface area contributed by atoms with Gasteiger partial charge >= 0.3 is 0 Å². The number of rotatable bonds is 8. The molecule has 5 nitrogen and oxygen atoms in total. The number of hydrogen-bond donors (Lipinski definition) is 1. The van der Waals surface area contributed by atoms with Crippen LogP contribution in [0, 0.1) is 17.1 Å². The van der Waals surface area contributed by atoms with Crippen molar-refractivity contribution < 1.29 is 18.7 Å². The van der Waals surface area contributed by atoms with E-state index in [4.69, 9.17) is 14.7 Å². The van der Waals surface area contributed by atoms with Gasteiger partial charge in [-0.1, -0.05) is 36.4 Å². The number of amides is 1. The summed E-state index contributed by atoms with van der Waals surface area (Å²) in [5.74, 6) is -0.0272. The van der Waals surface area contributed by atoms with Crippen molar-refractivity contribution in [1.82, 2.24) is 0 Å². The Balaban J connectivity index is 1.54. The highest BCUT2D eigenvalue weighted by Crippen LogP contribution is 2.34. The van der Waals surface area contributed by atoms with E-state index in [1.807, 2.05) is 42.5 Å². The molecule has 33 heavy (non-hydrogen) atoms. The van der Waals surface area contributed by atoms with Gasteiger partial charge < -0.3 is 14.8 Å². The molecular formula is C26H21FN2O3S. The Morgan fingerprint density at radius 2 is 1.85 bits per heavy atom. The third-order valence-corrected chi connectivity index (χ3v) is 6.32. The zero-order chi connectivity index (χ0) is 23.2. The Morgan fingerprint density at radius 1 is 1.06 bits per heavy atom. The Labute approximate surface area is 195 Å². The third-order valence-electron chi connectivity index (χ3n) is 5.12. The molecule has 0 unspecified atom stereocenters. The summed E-state index contributed by atoms with van der Waals surface area (Å²) in [4.78, 5) is 13.6. The number of thiophene rings is 1. The summed E-state index contributed by atoms with van der Waals surface area (Å²) in [5.41, 5.74) is 2.88. The van der Waals surface area contributed by atoms with Crippen molar-refractivity contribution >= 4 is 33.0 Å². The molecule has 0 aliphatic rings. The van der Waals surface area contributed by atoms with Crippen molar-refractivity contribution in [3.63, 3.8) is 0 Å². The number of halogens is 1. The van der Waals surface area contributed by atoms with Gasteiger partial charge in [0.1, 0.15) is 18.2 Å². The second-order valence-corrected chi connectivity index (χ2v) is 8.39. The minimum atomic E-state index is -0.371. The molecule has 4 rings (SSSR count). The van der Waals surface area contributed by atoms with E-state index in [9.17, 15) is 9.18 Å². The molecule has 1 amide bonds. The number of hydrogen-bond acceptors (Lipinski definition) is 5. The highest BCUT2D eigenvalue weighted by molar-refractivity contribution is 7.21. The molecule has 0 atom stereocenters. The van der Waals surface area contributed by atoms with Crippen LogP contribution in [-0.4, -0.2) is 13.0 Å². The second-order valence-electron chi connectivity index (χ2n) is 7.33. The summed E-state index contributed by atoms with van der Waals surface area (Å²) < 4.78 is 26.3. The average Bonchev–Trinajstić information content (AvgIpc) is 3.20. The normalized spacial score (nSPS) is 10.7. The molecule has 1 N–H and O–H groups in total. The Kier molecular flexibility index (Phi) is 6.98. The van der Waals surface area contributed by atoms with Crippen molar-refractivity contribution in [1.29, 1.82) is 5.26 Å². The zero-order valence-corrected chi connectivity index (χ0v) is 18.7. The van der Waals surface area contributed by atoms with Crippen LogP contribution in [0.2, 0.25) is 0 Å². The SMILES string of the molecule is COCc1c(C(=O)Nc2ccccc2COc2ccc(CC#N)cc2)sc2cccc(F)c12. The summed E-state index contributed by atoms with van der Waals surface area (Å²) in [5, 5.41) is 12.2. The number of nitrogens with one attached hydrogen (secondary N) is 1. The summed E-state index contributed by atoms with van der Waals surface area (Å²) >= 11 is 1.24. The summed E-state index contributed by atoms with van der Waals surface area (Å²) in [6.45, 7) is 0.385. The Hall–Kier alpha value is -3.73. The maximum absolute atomic E-state index is 14.5. The number of ether oxygens (including phenoxy) is 2. The number of fused-ring (bicyclic) bond motifs is 1. The van der Waals surface area contributed by atoms with Gasteiger partial charge in [-0.15, -0.1) is 11.3 Å². The molecule has 0 radical (unpaired) electrons. The van der Waals surface area contributed by atoms with Crippen molar-refractivity contribution in [2.45, 2.75) is 19.6 Å². The molecule has 3 aromatic carbocycles. The fraction of sp³-hybridized carbons (Fsp3) is 0.154. The molecule has 0 aliphatic heterocycles. The summed E-state index contributed by atoms with van der Waals surface area (Å²) in [6.07, 6.45) is 0.349. The lowest BCUT2D eigenvalue weighted by Crippen LogP contribution is -2.14. The Morgan fingerprint density at radius 3 is 2.61 bits per heavy atom. The maximum Gasteiger partial charge on any atom is 0.266 e. The van der Waals surface area contributed by atoms with Gasteiger partial charge in [-0.2, -0.15) is 5.26 Å². The Bertz CT molecular complexity index is 1330. The predicted octanol–water partition coefficient (Wildman–Crippen LogP) is 6.08. The van der Waals surface area contributed by atoms with Gasteiger partial charge in [0.25, 0.3) is 5.91 Å². The lowest BCUT2D eigenvalue weighted by atomic mass is 10.1. The van der Waals surface area contributed by atoms with Crippen molar-refractivity contribution in [3.8, 4) is 11.8 Å². The highest BCUT2D eigenvalue weighted by Gasteiger charge is 2.21. The highest BCUT2D eigenvalue weighted by atomic mass is 32.1. The molecule has 0 fully saturated rings. The van der Waals surface area contributed by atoms with Gasteiger partial charge in [0.2, 0.25) is 0 Å². The molecule has 1 heterocycles. The van der Waals surface area contributed by atoms with Gasteiger partial charge in [-0.3, -0.25) is 4.79 Å². The molecule has 166 valence electrons. The van der Waals surface area contributed by atoms with Crippen LogP contribution in [0.5, 0.6) is 5.75 Å². The first kappa shape index (κ1) is 22.5. The quantitative estimate of drug-likeness (QED) is 0.346. The van der Waals surface area contributed by atoms with E-state index in [0.717, 1.165) is 11.1 Å².